The highest BCUT2D eigenvalue weighted by molar-refractivity contribution is 5.77. The molecule has 0 spiro atoms. The van der Waals surface area contributed by atoms with Gasteiger partial charge in [-0.2, -0.15) is 0 Å². The summed E-state index contributed by atoms with van der Waals surface area (Å²) in [5.74, 6) is 0.660. The molecule has 3 heteroatoms. The number of hydrogen-bond acceptors (Lipinski definition) is 2. The standard InChI is InChI=1S/C19H23NO2/c1-13-6-5-7-17(8-13)11-20-19(21)12-22-18-10-15(3)14(2)9-16(18)4/h5-10H,11-12H2,1-4H3,(H,20,21). The lowest BCUT2D eigenvalue weighted by Gasteiger charge is -2.12. The summed E-state index contributed by atoms with van der Waals surface area (Å²) in [6.45, 7) is 8.70. The van der Waals surface area contributed by atoms with E-state index in [2.05, 4.69) is 24.4 Å². The number of carbonyl (C=O) groups excluding carboxylic acids is 1. The number of nitrogens with one attached hydrogen (secondary N) is 1. The van der Waals surface area contributed by atoms with Crippen LogP contribution in [0.15, 0.2) is 36.4 Å². The van der Waals surface area contributed by atoms with Crippen molar-refractivity contribution in [3.63, 3.8) is 0 Å². The predicted molar refractivity (Wildman–Crippen MR) is 89.2 cm³/mol. The van der Waals surface area contributed by atoms with E-state index in [1.165, 1.54) is 16.7 Å². The number of hydrogen-bond donors (Lipinski definition) is 1. The number of aryl methyl sites for hydroxylation is 4. The van der Waals surface area contributed by atoms with Crippen LogP contribution in [0.5, 0.6) is 5.75 Å². The third-order valence-corrected chi connectivity index (χ3v) is 3.72. The molecule has 0 fully saturated rings. The number of amides is 1. The molecule has 1 amide bonds. The molecule has 0 saturated carbocycles. The van der Waals surface area contributed by atoms with Crippen LogP contribution in [0.25, 0.3) is 0 Å². The second kappa shape index (κ2) is 7.12. The van der Waals surface area contributed by atoms with Crippen molar-refractivity contribution in [1.29, 1.82) is 0 Å². The van der Waals surface area contributed by atoms with Crippen LogP contribution in [-0.4, -0.2) is 12.5 Å². The molecular formula is C19H23NO2. The smallest absolute Gasteiger partial charge is 0.258 e. The van der Waals surface area contributed by atoms with Crippen LogP contribution in [0, 0.1) is 27.7 Å². The fourth-order valence-corrected chi connectivity index (χ4v) is 2.31. The number of carbonyl (C=O) groups is 1. The SMILES string of the molecule is Cc1cccc(CNC(=O)COc2cc(C)c(C)cc2C)c1. The Morgan fingerprint density at radius 2 is 1.73 bits per heavy atom. The summed E-state index contributed by atoms with van der Waals surface area (Å²) in [7, 11) is 0. The maximum Gasteiger partial charge on any atom is 0.258 e. The molecule has 0 aromatic heterocycles. The van der Waals surface area contributed by atoms with Crippen molar-refractivity contribution < 1.29 is 9.53 Å². The molecule has 0 heterocycles. The Labute approximate surface area is 132 Å². The van der Waals surface area contributed by atoms with Gasteiger partial charge in [0.25, 0.3) is 5.91 Å². The lowest BCUT2D eigenvalue weighted by molar-refractivity contribution is -0.123. The van der Waals surface area contributed by atoms with Gasteiger partial charge in [0, 0.05) is 6.54 Å². The van der Waals surface area contributed by atoms with Gasteiger partial charge in [0.05, 0.1) is 0 Å². The molecule has 0 radical (unpaired) electrons. The van der Waals surface area contributed by atoms with Crippen LogP contribution < -0.4 is 10.1 Å². The van der Waals surface area contributed by atoms with E-state index in [0.717, 1.165) is 16.9 Å². The minimum Gasteiger partial charge on any atom is -0.483 e. The minimum absolute atomic E-state index is 0.0369. The molecule has 0 unspecified atom stereocenters. The van der Waals surface area contributed by atoms with Crippen LogP contribution >= 0.6 is 0 Å². The van der Waals surface area contributed by atoms with Crippen LogP contribution in [0.4, 0.5) is 0 Å². The number of rotatable bonds is 5. The Morgan fingerprint density at radius 1 is 1.00 bits per heavy atom. The van der Waals surface area contributed by atoms with Crippen LogP contribution in [0.3, 0.4) is 0 Å². The van der Waals surface area contributed by atoms with Crippen molar-refractivity contribution in [2.45, 2.75) is 34.2 Å². The maximum atomic E-state index is 11.9. The zero-order valence-electron chi connectivity index (χ0n) is 13.7. The van der Waals surface area contributed by atoms with Gasteiger partial charge in [-0.05, 0) is 56.0 Å². The van der Waals surface area contributed by atoms with Gasteiger partial charge in [-0.25, -0.2) is 0 Å². The average molecular weight is 297 g/mol. The topological polar surface area (TPSA) is 38.3 Å². The van der Waals surface area contributed by atoms with Crippen molar-refractivity contribution in [2.75, 3.05) is 6.61 Å². The summed E-state index contributed by atoms with van der Waals surface area (Å²) in [5, 5.41) is 2.88. The Bertz CT molecular complexity index is 677. The second-order valence-corrected chi connectivity index (χ2v) is 5.76. The highest BCUT2D eigenvalue weighted by Gasteiger charge is 2.06. The normalized spacial score (nSPS) is 10.4. The Balaban J connectivity index is 1.87. The predicted octanol–water partition coefficient (Wildman–Crippen LogP) is 3.62. The van der Waals surface area contributed by atoms with Gasteiger partial charge in [0.15, 0.2) is 6.61 Å². The van der Waals surface area contributed by atoms with Gasteiger partial charge in [-0.3, -0.25) is 4.79 Å². The summed E-state index contributed by atoms with van der Waals surface area (Å²) in [4.78, 5) is 11.9. The molecule has 2 rings (SSSR count). The largest absolute Gasteiger partial charge is 0.483 e. The summed E-state index contributed by atoms with van der Waals surface area (Å²) in [6.07, 6.45) is 0. The molecule has 0 aliphatic heterocycles. The molecule has 2 aromatic carbocycles. The highest BCUT2D eigenvalue weighted by atomic mass is 16.5. The lowest BCUT2D eigenvalue weighted by atomic mass is 10.1. The molecule has 0 bridgehead atoms. The second-order valence-electron chi connectivity index (χ2n) is 5.76. The molecule has 0 saturated heterocycles. The van der Waals surface area contributed by atoms with E-state index in [0.29, 0.717) is 6.54 Å². The first-order valence-electron chi connectivity index (χ1n) is 7.48. The van der Waals surface area contributed by atoms with E-state index in [4.69, 9.17) is 4.74 Å². The zero-order chi connectivity index (χ0) is 16.1. The third-order valence-electron chi connectivity index (χ3n) is 3.72. The summed E-state index contributed by atoms with van der Waals surface area (Å²) in [6, 6.07) is 12.2. The number of benzene rings is 2. The van der Waals surface area contributed by atoms with Gasteiger partial charge in [0.2, 0.25) is 0 Å². The zero-order valence-corrected chi connectivity index (χ0v) is 13.7. The molecule has 0 aliphatic rings. The molecule has 3 nitrogen and oxygen atoms in total. The van der Waals surface area contributed by atoms with E-state index in [-0.39, 0.29) is 12.5 Å². The molecular weight excluding hydrogens is 274 g/mol. The third kappa shape index (κ3) is 4.35. The van der Waals surface area contributed by atoms with E-state index in [9.17, 15) is 4.79 Å². The van der Waals surface area contributed by atoms with Crippen molar-refractivity contribution in [2.24, 2.45) is 0 Å². The van der Waals surface area contributed by atoms with Crippen molar-refractivity contribution in [3.05, 3.63) is 64.2 Å². The highest BCUT2D eigenvalue weighted by Crippen LogP contribution is 2.22. The molecule has 116 valence electrons. The molecule has 2 aromatic rings. The Kier molecular flexibility index (Phi) is 5.21. The van der Waals surface area contributed by atoms with E-state index in [1.807, 2.05) is 45.0 Å². The van der Waals surface area contributed by atoms with Crippen molar-refractivity contribution in [1.82, 2.24) is 5.32 Å². The first kappa shape index (κ1) is 16.1. The molecule has 0 aliphatic carbocycles. The summed E-state index contributed by atoms with van der Waals surface area (Å²) < 4.78 is 5.63. The minimum atomic E-state index is -0.112. The van der Waals surface area contributed by atoms with E-state index >= 15 is 0 Å². The van der Waals surface area contributed by atoms with Crippen LogP contribution in [0.1, 0.15) is 27.8 Å². The molecule has 0 atom stereocenters. The van der Waals surface area contributed by atoms with Crippen LogP contribution in [-0.2, 0) is 11.3 Å². The fraction of sp³-hybridized carbons (Fsp3) is 0.316. The van der Waals surface area contributed by atoms with Gasteiger partial charge in [-0.15, -0.1) is 0 Å². The first-order valence-corrected chi connectivity index (χ1v) is 7.48. The Hall–Kier alpha value is -2.29. The first-order chi connectivity index (χ1) is 10.5. The molecule has 22 heavy (non-hydrogen) atoms. The Morgan fingerprint density at radius 3 is 2.45 bits per heavy atom. The van der Waals surface area contributed by atoms with Gasteiger partial charge >= 0.3 is 0 Å². The van der Waals surface area contributed by atoms with Crippen molar-refractivity contribution >= 4 is 5.91 Å². The van der Waals surface area contributed by atoms with Crippen molar-refractivity contribution in [3.8, 4) is 5.75 Å². The maximum absolute atomic E-state index is 11.9. The summed E-state index contributed by atoms with van der Waals surface area (Å²) >= 11 is 0. The van der Waals surface area contributed by atoms with Gasteiger partial charge < -0.3 is 10.1 Å². The van der Waals surface area contributed by atoms with E-state index in [1.54, 1.807) is 0 Å². The van der Waals surface area contributed by atoms with Gasteiger partial charge in [-0.1, -0.05) is 35.9 Å². The average Bonchev–Trinajstić information content (AvgIpc) is 2.47. The van der Waals surface area contributed by atoms with E-state index < -0.39 is 0 Å². The monoisotopic (exact) mass is 297 g/mol. The number of ether oxygens (including phenoxy) is 1. The van der Waals surface area contributed by atoms with Gasteiger partial charge in [0.1, 0.15) is 5.75 Å². The quantitative estimate of drug-likeness (QED) is 0.915. The van der Waals surface area contributed by atoms with Crippen LogP contribution in [0.2, 0.25) is 0 Å². The summed E-state index contributed by atoms with van der Waals surface area (Å²) in [5.41, 5.74) is 5.73. The molecule has 1 N–H and O–H groups in total. The lowest BCUT2D eigenvalue weighted by Crippen LogP contribution is -2.28. The fourth-order valence-electron chi connectivity index (χ4n) is 2.31.